The number of benzene rings is 1. The Balaban J connectivity index is 2.33. The molecular formula is C56H90N16O17. The summed E-state index contributed by atoms with van der Waals surface area (Å²) in [5.41, 5.74) is 23.3. The van der Waals surface area contributed by atoms with Gasteiger partial charge in [0.15, 0.2) is 0 Å². The highest BCUT2D eigenvalue weighted by Crippen LogP contribution is 2.14. The number of phenols is 1. The van der Waals surface area contributed by atoms with E-state index in [0.717, 1.165) is 0 Å². The summed E-state index contributed by atoms with van der Waals surface area (Å²) in [5, 5.41) is 63.9. The van der Waals surface area contributed by atoms with Crippen molar-refractivity contribution in [3.05, 3.63) is 48.0 Å². The number of nitrogens with zero attached hydrogens (tertiary/aromatic N) is 1. The second-order valence-electron chi connectivity index (χ2n) is 22.3. The Morgan fingerprint density at radius 1 is 0.551 bits per heavy atom. The van der Waals surface area contributed by atoms with Crippen LogP contribution in [-0.4, -0.2) is 194 Å². The zero-order chi connectivity index (χ0) is 67.1. The normalized spacial score (nSPS) is 14.9. The molecule has 11 atom stereocenters. The average molecular weight is 1260 g/mol. The number of nitrogens with one attached hydrogen (secondary N) is 11. The standard InChI is InChI=1S/C56H90N16O17/c1-7-30(6)46(60)55(87)66-35(15-16-43(58)76)49(81)72-42(26-74)54(86)69-39(22-44(59)77)53(85)67-37(19-29(4)5)51(83)68-38(21-32-23-61-27-63-32)52(84)65-34(10-8-9-17-57)48(80)71-41(25-73)47(79)62-24-45(78)64-36(18-28(2)3)50(82)70-40(56(88)89)20-31-11-13-33(75)14-12-31/h11-14,23,27-30,34-42,46,73-75H,7-10,15-22,24-26,57,60H2,1-6H3,(H2,58,76)(H2,59,77)(H,61,63)(H,62,79)(H,64,78)(H,65,84)(H,66,87)(H,67,85)(H,68,83)(H,69,86)(H,70,82)(H,71,80)(H,72,81)(H,88,89)/t30-,34-,35-,36-,37-,38-,39-,40-,41-,42-,46-/m0/s1. The predicted octanol–water partition coefficient (Wildman–Crippen LogP) is -5.82. The third-order valence-corrected chi connectivity index (χ3v) is 13.8. The van der Waals surface area contributed by atoms with E-state index in [0.29, 0.717) is 24.1 Å². The molecule has 0 saturated heterocycles. The van der Waals surface area contributed by atoms with Crippen LogP contribution in [0.15, 0.2) is 36.8 Å². The number of hydrogen-bond acceptors (Lipinski definition) is 19. The zero-order valence-corrected chi connectivity index (χ0v) is 50.9. The van der Waals surface area contributed by atoms with Crippen molar-refractivity contribution in [2.24, 2.45) is 40.7 Å². The van der Waals surface area contributed by atoms with Crippen LogP contribution in [0.25, 0.3) is 0 Å². The van der Waals surface area contributed by atoms with Crippen molar-refractivity contribution < 1.29 is 82.8 Å². The second kappa shape index (κ2) is 39.2. The molecule has 2 aromatic rings. The third-order valence-electron chi connectivity index (χ3n) is 13.8. The fourth-order valence-corrected chi connectivity index (χ4v) is 8.64. The SMILES string of the molecule is CC[C@H](C)[C@H](N)C(=O)N[C@@H](CCC(N)=O)C(=O)N[C@@H](CO)C(=O)N[C@@H](CC(N)=O)C(=O)N[C@@H](CC(C)C)C(=O)N[C@@H](Cc1cnc[nH]1)C(=O)N[C@@H](CCCCN)C(=O)N[C@@H](CO)C(=O)NCC(=O)N[C@@H](CC(C)C)C(=O)N[C@@H](Cc1ccc(O)cc1)C(=O)O. The van der Waals surface area contributed by atoms with E-state index in [-0.39, 0.29) is 81.4 Å². The molecule has 89 heavy (non-hydrogen) atoms. The lowest BCUT2D eigenvalue weighted by Crippen LogP contribution is -2.61. The number of aliphatic hydroxyl groups is 2. The molecule has 1 aromatic heterocycles. The van der Waals surface area contributed by atoms with Gasteiger partial charge < -0.3 is 102 Å². The van der Waals surface area contributed by atoms with Crippen molar-refractivity contribution in [3.8, 4) is 5.75 Å². The van der Waals surface area contributed by atoms with E-state index in [1.54, 1.807) is 41.5 Å². The molecule has 0 bridgehead atoms. The second-order valence-corrected chi connectivity index (χ2v) is 22.3. The number of hydrogen-bond donors (Lipinski definition) is 19. The maximum atomic E-state index is 14.3. The van der Waals surface area contributed by atoms with Crippen LogP contribution in [0.5, 0.6) is 5.75 Å². The molecule has 0 fully saturated rings. The number of aliphatic hydroxyl groups excluding tert-OH is 2. The molecule has 0 unspecified atom stereocenters. The number of carboxylic acids is 1. The molecule has 12 amide bonds. The van der Waals surface area contributed by atoms with Gasteiger partial charge in [-0.25, -0.2) is 9.78 Å². The highest BCUT2D eigenvalue weighted by atomic mass is 16.4. The Morgan fingerprint density at radius 2 is 1.01 bits per heavy atom. The number of aromatic nitrogens is 2. The smallest absolute Gasteiger partial charge is 0.326 e. The first-order valence-corrected chi connectivity index (χ1v) is 29.1. The summed E-state index contributed by atoms with van der Waals surface area (Å²) in [6.07, 6.45) is 1.49. The van der Waals surface area contributed by atoms with E-state index in [9.17, 15) is 82.8 Å². The highest BCUT2D eigenvalue weighted by Gasteiger charge is 2.36. The molecule has 0 aliphatic carbocycles. The minimum Gasteiger partial charge on any atom is -0.508 e. The molecule has 0 spiro atoms. The van der Waals surface area contributed by atoms with Gasteiger partial charge in [0.25, 0.3) is 0 Å². The van der Waals surface area contributed by atoms with Gasteiger partial charge in [-0.2, -0.15) is 0 Å². The van der Waals surface area contributed by atoms with Gasteiger partial charge >= 0.3 is 5.97 Å². The number of H-pyrrole nitrogens is 1. The molecule has 0 radical (unpaired) electrons. The Bertz CT molecular complexity index is 2700. The average Bonchev–Trinajstić information content (AvgIpc) is 3.94. The molecule has 0 aliphatic heterocycles. The van der Waals surface area contributed by atoms with Crippen molar-refractivity contribution in [2.45, 2.75) is 173 Å². The Hall–Kier alpha value is -8.82. The number of phenolic OH excluding ortho intramolecular Hbond substituents is 1. The van der Waals surface area contributed by atoms with Crippen molar-refractivity contribution in [1.82, 2.24) is 63.1 Å². The van der Waals surface area contributed by atoms with Crippen LogP contribution in [0, 0.1) is 17.8 Å². The van der Waals surface area contributed by atoms with Gasteiger partial charge in [-0.3, -0.25) is 57.5 Å². The van der Waals surface area contributed by atoms with E-state index in [1.807, 2.05) is 0 Å². The quantitative estimate of drug-likeness (QED) is 0.0275. The molecule has 0 saturated carbocycles. The van der Waals surface area contributed by atoms with Crippen LogP contribution < -0.4 is 76.1 Å². The van der Waals surface area contributed by atoms with Crippen LogP contribution >= 0.6 is 0 Å². The van der Waals surface area contributed by atoms with Gasteiger partial charge in [-0.15, -0.1) is 0 Å². The Kier molecular flexibility index (Phi) is 33.6. The predicted molar refractivity (Wildman–Crippen MR) is 318 cm³/mol. The van der Waals surface area contributed by atoms with Crippen LogP contribution in [0.2, 0.25) is 0 Å². The number of primary amides is 2. The zero-order valence-electron chi connectivity index (χ0n) is 50.9. The molecule has 33 nitrogen and oxygen atoms in total. The van der Waals surface area contributed by atoms with Gasteiger partial charge in [0.05, 0.1) is 38.5 Å². The number of amides is 12. The van der Waals surface area contributed by atoms with Gasteiger partial charge in [0, 0.05) is 31.2 Å². The summed E-state index contributed by atoms with van der Waals surface area (Å²) in [5.74, 6) is -14.2. The van der Waals surface area contributed by atoms with E-state index >= 15 is 0 Å². The minimum absolute atomic E-state index is 0.0508. The Labute approximate surface area is 514 Å². The maximum Gasteiger partial charge on any atom is 0.326 e. The van der Waals surface area contributed by atoms with Crippen molar-refractivity contribution in [2.75, 3.05) is 26.3 Å². The first kappa shape index (κ1) is 76.3. The van der Waals surface area contributed by atoms with Crippen LogP contribution in [0.4, 0.5) is 0 Å². The molecular weight excluding hydrogens is 1170 g/mol. The number of carbonyl (C=O) groups excluding carboxylic acids is 12. The van der Waals surface area contributed by atoms with Gasteiger partial charge in [-0.1, -0.05) is 60.1 Å². The lowest BCUT2D eigenvalue weighted by molar-refractivity contribution is -0.142. The summed E-state index contributed by atoms with van der Waals surface area (Å²) in [6, 6.07) is -9.53. The summed E-state index contributed by atoms with van der Waals surface area (Å²) in [6.45, 7) is 7.63. The van der Waals surface area contributed by atoms with Crippen LogP contribution in [0.1, 0.15) is 111 Å². The highest BCUT2D eigenvalue weighted by molar-refractivity contribution is 5.99. The van der Waals surface area contributed by atoms with Gasteiger partial charge in [0.1, 0.15) is 60.1 Å². The lowest BCUT2D eigenvalue weighted by atomic mass is 9.98. The molecule has 496 valence electrons. The topological polar surface area (TPSA) is 556 Å². The van der Waals surface area contributed by atoms with Crippen molar-refractivity contribution >= 4 is 76.9 Å². The summed E-state index contributed by atoms with van der Waals surface area (Å²) in [7, 11) is 0. The maximum absolute atomic E-state index is 14.3. The lowest BCUT2D eigenvalue weighted by Gasteiger charge is -2.28. The number of carboxylic acid groups (broad SMARTS) is 1. The van der Waals surface area contributed by atoms with E-state index in [2.05, 4.69) is 63.1 Å². The molecule has 1 aromatic carbocycles. The van der Waals surface area contributed by atoms with E-state index in [4.69, 9.17) is 22.9 Å². The first-order valence-electron chi connectivity index (χ1n) is 29.1. The molecule has 23 N–H and O–H groups in total. The number of unbranched alkanes of at least 4 members (excludes halogenated alkanes) is 1. The minimum atomic E-state index is -1.85. The number of nitrogens with two attached hydrogens (primary N) is 4. The van der Waals surface area contributed by atoms with E-state index in [1.165, 1.54) is 36.8 Å². The van der Waals surface area contributed by atoms with Crippen LogP contribution in [0.3, 0.4) is 0 Å². The number of imidazole rings is 1. The first-order chi connectivity index (χ1) is 41.9. The van der Waals surface area contributed by atoms with Crippen LogP contribution in [-0.2, 0) is 75.2 Å². The largest absolute Gasteiger partial charge is 0.508 e. The van der Waals surface area contributed by atoms with Crippen molar-refractivity contribution in [1.29, 1.82) is 0 Å². The molecule has 1 heterocycles. The number of aromatic amines is 1. The summed E-state index contributed by atoms with van der Waals surface area (Å²) < 4.78 is 0. The van der Waals surface area contributed by atoms with Gasteiger partial charge in [-0.05, 0) is 80.5 Å². The third kappa shape index (κ3) is 28.3. The van der Waals surface area contributed by atoms with Gasteiger partial charge in [0.2, 0.25) is 70.9 Å². The number of rotatable bonds is 42. The fraction of sp³-hybridized carbons (Fsp3) is 0.607. The molecule has 0 aliphatic rings. The number of aromatic hydroxyl groups is 1. The summed E-state index contributed by atoms with van der Waals surface area (Å²) in [4.78, 5) is 179. The molecule has 33 heteroatoms. The number of carbonyl (C=O) groups is 13. The fourth-order valence-electron chi connectivity index (χ4n) is 8.64. The Morgan fingerprint density at radius 3 is 1.52 bits per heavy atom. The van der Waals surface area contributed by atoms with Crippen molar-refractivity contribution in [3.63, 3.8) is 0 Å². The monoisotopic (exact) mass is 1260 g/mol. The van der Waals surface area contributed by atoms with E-state index < -0.39 is 163 Å². The summed E-state index contributed by atoms with van der Waals surface area (Å²) >= 11 is 0. The molecule has 2 rings (SSSR count). The number of aliphatic carboxylic acids is 1.